The first-order chi connectivity index (χ1) is 13.4. The van der Waals surface area contributed by atoms with Crippen molar-refractivity contribution in [2.45, 2.75) is 57.3 Å². The Morgan fingerprint density at radius 3 is 2.43 bits per heavy atom. The van der Waals surface area contributed by atoms with Crippen LogP contribution in [0.1, 0.15) is 63.5 Å². The first kappa shape index (κ1) is 20.9. The van der Waals surface area contributed by atoms with Gasteiger partial charge in [0.15, 0.2) is 9.84 Å². The molecular formula is C24H32O3S. The van der Waals surface area contributed by atoms with E-state index in [4.69, 9.17) is 4.74 Å². The zero-order chi connectivity index (χ0) is 20.4. The minimum absolute atomic E-state index is 0.0520. The molecule has 0 fully saturated rings. The SMILES string of the molecule is CCCC[C@]1(CC)CS(=O)(=O)c2cc(OC)ccc2[C@@H](c2ccccc2)[C@H]1C. The zero-order valence-electron chi connectivity index (χ0n) is 17.4. The molecule has 0 radical (unpaired) electrons. The third kappa shape index (κ3) is 3.71. The molecule has 0 saturated heterocycles. The molecule has 3 atom stereocenters. The number of methoxy groups -OCH3 is 1. The third-order valence-corrected chi connectivity index (χ3v) is 8.70. The van der Waals surface area contributed by atoms with Gasteiger partial charge in [0.2, 0.25) is 0 Å². The summed E-state index contributed by atoms with van der Waals surface area (Å²) >= 11 is 0. The lowest BCUT2D eigenvalue weighted by molar-refractivity contribution is 0.160. The maximum atomic E-state index is 13.6. The number of unbranched alkanes of at least 4 members (excludes halogenated alkanes) is 1. The fraction of sp³-hybridized carbons (Fsp3) is 0.500. The highest BCUT2D eigenvalue weighted by atomic mass is 32.2. The second-order valence-corrected chi connectivity index (χ2v) is 10.1. The summed E-state index contributed by atoms with van der Waals surface area (Å²) in [5.41, 5.74) is 1.86. The van der Waals surface area contributed by atoms with Gasteiger partial charge in [0.25, 0.3) is 0 Å². The average Bonchev–Trinajstić information content (AvgIpc) is 2.78. The van der Waals surface area contributed by atoms with Crippen molar-refractivity contribution in [3.63, 3.8) is 0 Å². The largest absolute Gasteiger partial charge is 0.497 e. The number of hydrogen-bond donors (Lipinski definition) is 0. The van der Waals surface area contributed by atoms with Crippen LogP contribution in [0.25, 0.3) is 0 Å². The summed E-state index contributed by atoms with van der Waals surface area (Å²) in [4.78, 5) is 0.444. The summed E-state index contributed by atoms with van der Waals surface area (Å²) < 4.78 is 32.5. The first-order valence-corrected chi connectivity index (χ1v) is 12.0. The summed E-state index contributed by atoms with van der Waals surface area (Å²) in [6.45, 7) is 6.58. The van der Waals surface area contributed by atoms with Crippen molar-refractivity contribution in [3.05, 3.63) is 59.7 Å². The summed E-state index contributed by atoms with van der Waals surface area (Å²) in [6, 6.07) is 15.9. The van der Waals surface area contributed by atoms with E-state index in [9.17, 15) is 8.42 Å². The van der Waals surface area contributed by atoms with Crippen LogP contribution < -0.4 is 4.74 Å². The van der Waals surface area contributed by atoms with Crippen LogP contribution in [-0.2, 0) is 9.84 Å². The van der Waals surface area contributed by atoms with E-state index in [0.29, 0.717) is 10.6 Å². The zero-order valence-corrected chi connectivity index (χ0v) is 18.3. The Bertz CT molecular complexity index is 905. The van der Waals surface area contributed by atoms with Crippen molar-refractivity contribution in [1.29, 1.82) is 0 Å². The Hall–Kier alpha value is -1.81. The molecule has 1 aliphatic rings. The number of fused-ring (bicyclic) bond motifs is 1. The van der Waals surface area contributed by atoms with Gasteiger partial charge in [-0.3, -0.25) is 0 Å². The highest BCUT2D eigenvalue weighted by Gasteiger charge is 2.47. The predicted molar refractivity (Wildman–Crippen MR) is 115 cm³/mol. The topological polar surface area (TPSA) is 43.4 Å². The Labute approximate surface area is 170 Å². The maximum Gasteiger partial charge on any atom is 0.179 e. The van der Waals surface area contributed by atoms with Gasteiger partial charge in [0.05, 0.1) is 17.8 Å². The van der Waals surface area contributed by atoms with Gasteiger partial charge in [-0.25, -0.2) is 8.42 Å². The molecule has 0 unspecified atom stereocenters. The van der Waals surface area contributed by atoms with Gasteiger partial charge in [-0.15, -0.1) is 0 Å². The molecule has 0 aromatic heterocycles. The molecule has 2 aromatic rings. The summed E-state index contributed by atoms with van der Waals surface area (Å²) in [6.07, 6.45) is 3.93. The highest BCUT2D eigenvalue weighted by molar-refractivity contribution is 7.91. The quantitative estimate of drug-likeness (QED) is 0.612. The third-order valence-electron chi connectivity index (χ3n) is 6.73. The second kappa shape index (κ2) is 8.28. The number of ether oxygens (including phenoxy) is 1. The van der Waals surface area contributed by atoms with E-state index >= 15 is 0 Å². The van der Waals surface area contributed by atoms with E-state index in [0.717, 1.165) is 31.2 Å². The predicted octanol–water partition coefficient (Wildman–Crippen LogP) is 5.84. The van der Waals surface area contributed by atoms with Crippen molar-refractivity contribution in [2.75, 3.05) is 12.9 Å². The molecule has 2 aromatic carbocycles. The van der Waals surface area contributed by atoms with E-state index in [2.05, 4.69) is 32.9 Å². The van der Waals surface area contributed by atoms with Crippen molar-refractivity contribution >= 4 is 9.84 Å². The van der Waals surface area contributed by atoms with Crippen LogP contribution in [-0.4, -0.2) is 21.3 Å². The lowest BCUT2D eigenvalue weighted by Gasteiger charge is -2.41. The molecule has 0 spiro atoms. The molecule has 28 heavy (non-hydrogen) atoms. The number of sulfone groups is 1. The van der Waals surface area contributed by atoms with Crippen LogP contribution in [0.5, 0.6) is 5.75 Å². The van der Waals surface area contributed by atoms with Gasteiger partial charge in [-0.1, -0.05) is 70.0 Å². The molecule has 0 bridgehead atoms. The molecule has 0 amide bonds. The minimum Gasteiger partial charge on any atom is -0.497 e. The number of hydrogen-bond acceptors (Lipinski definition) is 3. The van der Waals surface area contributed by atoms with Crippen LogP contribution >= 0.6 is 0 Å². The smallest absolute Gasteiger partial charge is 0.179 e. The Morgan fingerprint density at radius 2 is 1.82 bits per heavy atom. The van der Waals surface area contributed by atoms with Gasteiger partial charge in [0.1, 0.15) is 5.75 Å². The standard InChI is InChI=1S/C24H32O3S/c1-5-7-15-24(6-2)17-28(25,26)22-16-20(27-4)13-14-21(22)23(18(24)3)19-11-9-8-10-12-19/h8-14,16,18,23H,5-7,15,17H2,1-4H3/t18-,23-,24-/m1/s1. The van der Waals surface area contributed by atoms with Crippen LogP contribution in [0.4, 0.5) is 0 Å². The highest BCUT2D eigenvalue weighted by Crippen LogP contribution is 2.52. The van der Waals surface area contributed by atoms with E-state index in [1.807, 2.05) is 30.3 Å². The fourth-order valence-corrected chi connectivity index (χ4v) is 7.31. The molecule has 0 N–H and O–H groups in total. The van der Waals surface area contributed by atoms with Crippen molar-refractivity contribution in [1.82, 2.24) is 0 Å². The van der Waals surface area contributed by atoms with Crippen LogP contribution in [0.15, 0.2) is 53.4 Å². The maximum absolute atomic E-state index is 13.6. The van der Waals surface area contributed by atoms with Crippen LogP contribution in [0.3, 0.4) is 0 Å². The van der Waals surface area contributed by atoms with Gasteiger partial charge in [-0.2, -0.15) is 0 Å². The molecule has 3 rings (SSSR count). The minimum atomic E-state index is -3.42. The van der Waals surface area contributed by atoms with E-state index < -0.39 is 9.84 Å². The van der Waals surface area contributed by atoms with Gasteiger partial charge < -0.3 is 4.74 Å². The average molecular weight is 401 g/mol. The monoisotopic (exact) mass is 400 g/mol. The van der Waals surface area contributed by atoms with Gasteiger partial charge >= 0.3 is 0 Å². The summed E-state index contributed by atoms with van der Waals surface area (Å²) in [5.74, 6) is 1.08. The molecule has 1 aliphatic heterocycles. The molecule has 3 nitrogen and oxygen atoms in total. The Kier molecular flexibility index (Phi) is 6.18. The Balaban J connectivity index is 2.28. The van der Waals surface area contributed by atoms with Crippen molar-refractivity contribution in [2.24, 2.45) is 11.3 Å². The lowest BCUT2D eigenvalue weighted by Crippen LogP contribution is -2.37. The molecule has 0 aliphatic carbocycles. The molecule has 152 valence electrons. The fourth-order valence-electron chi connectivity index (χ4n) is 4.94. The van der Waals surface area contributed by atoms with E-state index in [1.54, 1.807) is 13.2 Å². The molecular weight excluding hydrogens is 368 g/mol. The second-order valence-electron chi connectivity index (χ2n) is 8.16. The normalized spacial score (nSPS) is 26.3. The number of benzene rings is 2. The summed E-state index contributed by atoms with van der Waals surface area (Å²) in [7, 11) is -1.83. The van der Waals surface area contributed by atoms with Gasteiger partial charge in [0, 0.05) is 5.92 Å². The first-order valence-electron chi connectivity index (χ1n) is 10.3. The van der Waals surface area contributed by atoms with Crippen LogP contribution in [0, 0.1) is 11.3 Å². The van der Waals surface area contributed by atoms with E-state index in [1.165, 1.54) is 5.56 Å². The summed E-state index contributed by atoms with van der Waals surface area (Å²) in [5, 5.41) is 0. The lowest BCUT2D eigenvalue weighted by atomic mass is 9.64. The van der Waals surface area contributed by atoms with Crippen LogP contribution in [0.2, 0.25) is 0 Å². The molecule has 1 heterocycles. The van der Waals surface area contributed by atoms with E-state index in [-0.39, 0.29) is 23.0 Å². The molecule has 4 heteroatoms. The number of rotatable bonds is 6. The van der Waals surface area contributed by atoms with Gasteiger partial charge in [-0.05, 0) is 47.4 Å². The Morgan fingerprint density at radius 1 is 1.11 bits per heavy atom. The van der Waals surface area contributed by atoms with Crippen molar-refractivity contribution in [3.8, 4) is 5.75 Å². The molecule has 0 saturated carbocycles. The van der Waals surface area contributed by atoms with Crippen molar-refractivity contribution < 1.29 is 13.2 Å².